The van der Waals surface area contributed by atoms with Crippen LogP contribution >= 0.6 is 15.9 Å². The zero-order chi connectivity index (χ0) is 20.5. The highest BCUT2D eigenvalue weighted by Gasteiger charge is 2.22. The van der Waals surface area contributed by atoms with Crippen molar-refractivity contribution in [1.29, 1.82) is 0 Å². The maximum Gasteiger partial charge on any atom is 0.244 e. The molecule has 0 bridgehead atoms. The van der Waals surface area contributed by atoms with E-state index in [1.54, 1.807) is 6.08 Å². The van der Waals surface area contributed by atoms with Crippen molar-refractivity contribution in [2.24, 2.45) is 0 Å². The Morgan fingerprint density at radius 1 is 1.10 bits per heavy atom. The number of benzene rings is 2. The first-order valence-corrected chi connectivity index (χ1v) is 10.0. The predicted octanol–water partition coefficient (Wildman–Crippen LogP) is 2.68. The minimum Gasteiger partial charge on any atom is -0.351 e. The second-order valence-electron chi connectivity index (χ2n) is 6.51. The van der Waals surface area contributed by atoms with Gasteiger partial charge in [0.15, 0.2) is 0 Å². The Morgan fingerprint density at radius 2 is 1.79 bits per heavy atom. The summed E-state index contributed by atoms with van der Waals surface area (Å²) in [7, 11) is 0. The molecule has 2 amide bonds. The summed E-state index contributed by atoms with van der Waals surface area (Å²) in [6, 6.07) is 18.4. The van der Waals surface area contributed by atoms with Gasteiger partial charge in [-0.2, -0.15) is 0 Å². The van der Waals surface area contributed by atoms with Gasteiger partial charge < -0.3 is 10.6 Å². The first kappa shape index (κ1) is 20.8. The molecular weight excluding hydrogens is 434 g/mol. The fourth-order valence-electron chi connectivity index (χ4n) is 2.80. The van der Waals surface area contributed by atoms with Crippen LogP contribution in [-0.4, -0.2) is 30.5 Å². The van der Waals surface area contributed by atoms with Gasteiger partial charge in [-0.1, -0.05) is 60.7 Å². The highest BCUT2D eigenvalue weighted by Crippen LogP contribution is 2.11. The quantitative estimate of drug-likeness (QED) is 0.422. The lowest BCUT2D eigenvalue weighted by Gasteiger charge is -2.19. The van der Waals surface area contributed by atoms with Gasteiger partial charge in [0.25, 0.3) is 0 Å². The number of carbonyl (C=O) groups excluding carboxylic acids is 2. The molecule has 2 aromatic carbocycles. The predicted molar refractivity (Wildman–Crippen MR) is 116 cm³/mol. The first-order chi connectivity index (χ1) is 14.1. The molecule has 1 unspecified atom stereocenters. The summed E-state index contributed by atoms with van der Waals surface area (Å²) >= 11 is 3.28. The van der Waals surface area contributed by atoms with E-state index < -0.39 is 6.04 Å². The third-order valence-electron chi connectivity index (χ3n) is 4.26. The third-order valence-corrected chi connectivity index (χ3v) is 4.69. The zero-order valence-electron chi connectivity index (χ0n) is 15.7. The van der Waals surface area contributed by atoms with Crippen LogP contribution in [0.15, 0.2) is 77.4 Å². The van der Waals surface area contributed by atoms with Gasteiger partial charge in [0.2, 0.25) is 11.8 Å². The van der Waals surface area contributed by atoms with Gasteiger partial charge >= 0.3 is 0 Å². The lowest BCUT2D eigenvalue weighted by Crippen LogP contribution is -2.49. The van der Waals surface area contributed by atoms with E-state index in [2.05, 4.69) is 32.0 Å². The van der Waals surface area contributed by atoms with Crippen molar-refractivity contribution >= 4 is 33.8 Å². The molecule has 0 aromatic heterocycles. The Bertz CT molecular complexity index is 885. The molecule has 150 valence electrons. The summed E-state index contributed by atoms with van der Waals surface area (Å²) in [5.74, 6) is -0.596. The van der Waals surface area contributed by atoms with Crippen LogP contribution in [0.5, 0.6) is 0 Å². The number of hydrogen-bond donors (Lipinski definition) is 3. The van der Waals surface area contributed by atoms with Crippen molar-refractivity contribution in [3.05, 3.63) is 88.5 Å². The summed E-state index contributed by atoms with van der Waals surface area (Å²) in [5, 5.41) is 5.64. The molecule has 1 heterocycles. The summed E-state index contributed by atoms with van der Waals surface area (Å²) in [6.45, 7) is 0.294. The number of nitrogens with one attached hydrogen (secondary N) is 3. The number of rotatable bonds is 8. The maximum atomic E-state index is 12.7. The summed E-state index contributed by atoms with van der Waals surface area (Å²) in [4.78, 5) is 30.4. The number of hydroxylamine groups is 1. The summed E-state index contributed by atoms with van der Waals surface area (Å²) < 4.78 is 0.719. The second kappa shape index (κ2) is 10.6. The first-order valence-electron chi connectivity index (χ1n) is 9.24. The molecule has 0 saturated carbocycles. The Kier molecular flexibility index (Phi) is 7.61. The van der Waals surface area contributed by atoms with Gasteiger partial charge in [-0.05, 0) is 39.2 Å². The van der Waals surface area contributed by atoms with E-state index in [0.29, 0.717) is 13.0 Å². The normalized spacial score (nSPS) is 16.7. The van der Waals surface area contributed by atoms with Crippen LogP contribution in [-0.2, 0) is 20.8 Å². The highest BCUT2D eigenvalue weighted by atomic mass is 79.9. The van der Waals surface area contributed by atoms with Crippen LogP contribution in [0.4, 0.5) is 0 Å². The number of amides is 2. The number of carbonyl (C=O) groups is 2. The van der Waals surface area contributed by atoms with E-state index in [1.807, 2.05) is 66.7 Å². The standard InChI is InChI=1S/C22H22BrN3O3/c23-20-14-18(29-26-20)15-24-22(28)19(13-17-9-5-2-6-10-17)25-21(27)12-11-16-7-3-1-4-8-16/h1-12,14,18-19,26H,13,15H2,(H,24,28)(H,25,27)/t18?,19-/m0/s1. The lowest BCUT2D eigenvalue weighted by molar-refractivity contribution is -0.127. The average Bonchev–Trinajstić information content (AvgIpc) is 3.17. The van der Waals surface area contributed by atoms with Crippen molar-refractivity contribution in [3.63, 3.8) is 0 Å². The summed E-state index contributed by atoms with van der Waals surface area (Å²) in [6.07, 6.45) is 5.08. The molecule has 2 atom stereocenters. The van der Waals surface area contributed by atoms with E-state index in [-0.39, 0.29) is 17.9 Å². The van der Waals surface area contributed by atoms with E-state index >= 15 is 0 Å². The lowest BCUT2D eigenvalue weighted by atomic mass is 10.0. The fraction of sp³-hybridized carbons (Fsp3) is 0.182. The molecule has 2 aromatic rings. The Hall–Kier alpha value is -2.90. The minimum absolute atomic E-state index is 0.268. The molecular formula is C22H22BrN3O3. The van der Waals surface area contributed by atoms with Gasteiger partial charge in [0.1, 0.15) is 16.8 Å². The molecule has 29 heavy (non-hydrogen) atoms. The molecule has 0 spiro atoms. The van der Waals surface area contributed by atoms with E-state index in [4.69, 9.17) is 4.84 Å². The minimum atomic E-state index is -0.702. The molecule has 0 radical (unpaired) electrons. The molecule has 7 heteroatoms. The third kappa shape index (κ3) is 6.89. The largest absolute Gasteiger partial charge is 0.351 e. The number of halogens is 1. The van der Waals surface area contributed by atoms with E-state index in [9.17, 15) is 9.59 Å². The van der Waals surface area contributed by atoms with Crippen molar-refractivity contribution in [2.75, 3.05) is 6.54 Å². The topological polar surface area (TPSA) is 79.5 Å². The average molecular weight is 456 g/mol. The summed E-state index contributed by atoms with van der Waals surface area (Å²) in [5.41, 5.74) is 4.55. The maximum absolute atomic E-state index is 12.7. The molecule has 0 saturated heterocycles. The van der Waals surface area contributed by atoms with Crippen LogP contribution in [0, 0.1) is 0 Å². The van der Waals surface area contributed by atoms with Gasteiger partial charge in [-0.3, -0.25) is 19.9 Å². The molecule has 6 nitrogen and oxygen atoms in total. The van der Waals surface area contributed by atoms with Gasteiger partial charge in [-0.25, -0.2) is 0 Å². The molecule has 0 aliphatic carbocycles. The Labute approximate surface area is 178 Å². The van der Waals surface area contributed by atoms with Gasteiger partial charge in [0.05, 0.1) is 6.54 Å². The van der Waals surface area contributed by atoms with Crippen molar-refractivity contribution in [2.45, 2.75) is 18.6 Å². The smallest absolute Gasteiger partial charge is 0.244 e. The molecule has 1 aliphatic heterocycles. The highest BCUT2D eigenvalue weighted by molar-refractivity contribution is 9.11. The monoisotopic (exact) mass is 455 g/mol. The van der Waals surface area contributed by atoms with Gasteiger partial charge in [-0.15, -0.1) is 0 Å². The Morgan fingerprint density at radius 3 is 2.45 bits per heavy atom. The molecule has 0 fully saturated rings. The SMILES string of the molecule is O=C(C=Cc1ccccc1)N[C@@H](Cc1ccccc1)C(=O)NCC1C=C(Br)NO1. The zero-order valence-corrected chi connectivity index (χ0v) is 17.3. The van der Waals surface area contributed by atoms with E-state index in [1.165, 1.54) is 6.08 Å². The van der Waals surface area contributed by atoms with Crippen LogP contribution in [0.3, 0.4) is 0 Å². The Balaban J connectivity index is 1.62. The fourth-order valence-corrected chi connectivity index (χ4v) is 3.19. The molecule has 1 aliphatic rings. The number of hydrogen-bond acceptors (Lipinski definition) is 4. The van der Waals surface area contributed by atoms with Crippen LogP contribution in [0.2, 0.25) is 0 Å². The van der Waals surface area contributed by atoms with E-state index in [0.717, 1.165) is 15.7 Å². The van der Waals surface area contributed by atoms with Crippen molar-refractivity contribution in [3.8, 4) is 0 Å². The molecule has 3 rings (SSSR count). The van der Waals surface area contributed by atoms with Gasteiger partial charge in [0, 0.05) is 12.5 Å². The van der Waals surface area contributed by atoms with Crippen LogP contribution in [0.1, 0.15) is 11.1 Å². The van der Waals surface area contributed by atoms with Crippen LogP contribution in [0.25, 0.3) is 6.08 Å². The van der Waals surface area contributed by atoms with Crippen molar-refractivity contribution in [1.82, 2.24) is 16.1 Å². The van der Waals surface area contributed by atoms with Crippen LogP contribution < -0.4 is 16.1 Å². The van der Waals surface area contributed by atoms with Crippen molar-refractivity contribution < 1.29 is 14.4 Å². The molecule has 3 N–H and O–H groups in total. The second-order valence-corrected chi connectivity index (χ2v) is 7.37.